The fourth-order valence-corrected chi connectivity index (χ4v) is 4.31. The third-order valence-corrected chi connectivity index (χ3v) is 6.22. The molecule has 1 aliphatic rings. The van der Waals surface area contributed by atoms with Gasteiger partial charge in [0.05, 0.1) is 5.60 Å². The molecule has 0 aliphatic heterocycles. The van der Waals surface area contributed by atoms with Crippen LogP contribution in [-0.4, -0.2) is 12.2 Å². The number of benzene rings is 3. The zero-order valence-electron chi connectivity index (χ0n) is 17.2. The van der Waals surface area contributed by atoms with Gasteiger partial charge in [-0.15, -0.1) is 0 Å². The first-order valence-electron chi connectivity index (χ1n) is 10.2. The minimum absolute atomic E-state index is 0.0763. The van der Waals surface area contributed by atoms with E-state index in [9.17, 15) is 9.50 Å². The van der Waals surface area contributed by atoms with Crippen LogP contribution < -0.4 is 11.1 Å². The van der Waals surface area contributed by atoms with Crippen LogP contribution in [0.25, 0.3) is 22.3 Å². The van der Waals surface area contributed by atoms with E-state index in [0.717, 1.165) is 28.8 Å². The van der Waals surface area contributed by atoms with Crippen molar-refractivity contribution in [3.05, 3.63) is 90.4 Å². The lowest BCUT2D eigenvalue weighted by Gasteiger charge is -2.24. The molecular formula is C26H27FN2O. The summed E-state index contributed by atoms with van der Waals surface area (Å²) in [5.41, 5.74) is 10.5. The number of aliphatic hydroxyl groups is 1. The predicted molar refractivity (Wildman–Crippen MR) is 121 cm³/mol. The summed E-state index contributed by atoms with van der Waals surface area (Å²) in [5, 5.41) is 14.1. The molecule has 0 spiro atoms. The molecule has 4 heteroatoms. The summed E-state index contributed by atoms with van der Waals surface area (Å²) in [4.78, 5) is 0. The molecule has 154 valence electrons. The Morgan fingerprint density at radius 2 is 1.63 bits per heavy atom. The third kappa shape index (κ3) is 3.83. The topological polar surface area (TPSA) is 58.3 Å². The zero-order chi connectivity index (χ0) is 21.3. The highest BCUT2D eigenvalue weighted by atomic mass is 19.1. The first-order chi connectivity index (χ1) is 14.4. The summed E-state index contributed by atoms with van der Waals surface area (Å²) in [5.74, 6) is -0.255. The lowest BCUT2D eigenvalue weighted by atomic mass is 9.89. The maximum absolute atomic E-state index is 15.0. The minimum Gasteiger partial charge on any atom is -0.402 e. The zero-order valence-corrected chi connectivity index (χ0v) is 17.2. The van der Waals surface area contributed by atoms with E-state index in [1.807, 2.05) is 49.5 Å². The van der Waals surface area contributed by atoms with Crippen molar-refractivity contribution in [3.63, 3.8) is 0 Å². The number of hydrogen-bond acceptors (Lipinski definition) is 3. The van der Waals surface area contributed by atoms with Gasteiger partial charge < -0.3 is 16.2 Å². The van der Waals surface area contributed by atoms with E-state index in [-0.39, 0.29) is 11.7 Å². The molecule has 3 nitrogen and oxygen atoms in total. The van der Waals surface area contributed by atoms with E-state index in [4.69, 9.17) is 5.73 Å². The van der Waals surface area contributed by atoms with Gasteiger partial charge >= 0.3 is 0 Å². The predicted octanol–water partition coefficient (Wildman–Crippen LogP) is 5.66. The number of nitrogens with two attached hydrogens (primary N) is 1. The molecular weight excluding hydrogens is 375 g/mol. The molecule has 3 aromatic carbocycles. The van der Waals surface area contributed by atoms with Crippen LogP contribution in [0.15, 0.2) is 79.0 Å². The SMILES string of the molecule is C=C(N)C1CCC(O)(c2ccc(-c3ccc(-c4ccc(NC)cc4)cc3)c(F)c2)C1. The Bertz CT molecular complexity index is 1060. The van der Waals surface area contributed by atoms with E-state index < -0.39 is 5.60 Å². The van der Waals surface area contributed by atoms with Crippen LogP contribution >= 0.6 is 0 Å². The smallest absolute Gasteiger partial charge is 0.131 e. The van der Waals surface area contributed by atoms with Crippen molar-refractivity contribution < 1.29 is 9.50 Å². The van der Waals surface area contributed by atoms with Crippen LogP contribution in [0.5, 0.6) is 0 Å². The monoisotopic (exact) mass is 402 g/mol. The van der Waals surface area contributed by atoms with Crippen LogP contribution in [0, 0.1) is 11.7 Å². The van der Waals surface area contributed by atoms with Crippen molar-refractivity contribution >= 4 is 5.69 Å². The van der Waals surface area contributed by atoms with Crippen LogP contribution in [0.1, 0.15) is 24.8 Å². The Balaban J connectivity index is 1.56. The van der Waals surface area contributed by atoms with Crippen molar-refractivity contribution in [2.24, 2.45) is 11.7 Å². The van der Waals surface area contributed by atoms with Gasteiger partial charge in [-0.1, -0.05) is 55.1 Å². The van der Waals surface area contributed by atoms with Gasteiger partial charge in [0.15, 0.2) is 0 Å². The van der Waals surface area contributed by atoms with Crippen molar-refractivity contribution in [3.8, 4) is 22.3 Å². The summed E-state index contributed by atoms with van der Waals surface area (Å²) in [6.07, 6.45) is 1.82. The number of nitrogens with one attached hydrogen (secondary N) is 1. The lowest BCUT2D eigenvalue weighted by molar-refractivity contribution is 0.0411. The molecule has 0 aromatic heterocycles. The fourth-order valence-electron chi connectivity index (χ4n) is 4.31. The molecule has 0 heterocycles. The molecule has 2 atom stereocenters. The molecule has 0 radical (unpaired) electrons. The molecule has 1 fully saturated rings. The first kappa shape index (κ1) is 20.2. The molecule has 0 bridgehead atoms. The van der Waals surface area contributed by atoms with Crippen LogP contribution in [0.4, 0.5) is 10.1 Å². The van der Waals surface area contributed by atoms with Gasteiger partial charge in [0.1, 0.15) is 5.82 Å². The third-order valence-electron chi connectivity index (χ3n) is 6.22. The Hall–Kier alpha value is -3.11. The van der Waals surface area contributed by atoms with Gasteiger partial charge in [-0.2, -0.15) is 0 Å². The standard InChI is InChI=1S/C26H27FN2O/c1-17(28)21-13-14-26(30,16-21)22-9-12-24(25(27)15-22)20-5-3-18(4-6-20)19-7-10-23(29-2)11-8-19/h3-12,15,21,29-30H,1,13-14,16,28H2,2H3. The lowest BCUT2D eigenvalue weighted by Crippen LogP contribution is -2.23. The van der Waals surface area contributed by atoms with Crippen LogP contribution in [0.2, 0.25) is 0 Å². The Morgan fingerprint density at radius 1 is 1.03 bits per heavy atom. The van der Waals surface area contributed by atoms with Crippen molar-refractivity contribution in [2.75, 3.05) is 12.4 Å². The largest absolute Gasteiger partial charge is 0.402 e. The van der Waals surface area contributed by atoms with Crippen LogP contribution in [-0.2, 0) is 5.60 Å². The van der Waals surface area contributed by atoms with Crippen molar-refractivity contribution in [2.45, 2.75) is 24.9 Å². The molecule has 2 unspecified atom stereocenters. The van der Waals surface area contributed by atoms with Gasteiger partial charge in [0.2, 0.25) is 0 Å². The van der Waals surface area contributed by atoms with Gasteiger partial charge in [-0.3, -0.25) is 0 Å². The van der Waals surface area contributed by atoms with Crippen molar-refractivity contribution in [1.29, 1.82) is 0 Å². The molecule has 4 rings (SSSR count). The average molecular weight is 403 g/mol. The molecule has 4 N–H and O–H groups in total. The van der Waals surface area contributed by atoms with Crippen molar-refractivity contribution in [1.82, 2.24) is 0 Å². The molecule has 30 heavy (non-hydrogen) atoms. The Morgan fingerprint density at radius 3 is 2.17 bits per heavy atom. The summed E-state index contributed by atoms with van der Waals surface area (Å²) in [6.45, 7) is 3.79. The quantitative estimate of drug-likeness (QED) is 0.516. The molecule has 3 aromatic rings. The van der Waals surface area contributed by atoms with Gasteiger partial charge in [0.25, 0.3) is 0 Å². The van der Waals surface area contributed by atoms with Gasteiger partial charge in [-0.25, -0.2) is 4.39 Å². The number of halogens is 1. The summed E-state index contributed by atoms with van der Waals surface area (Å²) < 4.78 is 15.0. The highest BCUT2D eigenvalue weighted by Crippen LogP contribution is 2.44. The van der Waals surface area contributed by atoms with E-state index in [1.54, 1.807) is 6.07 Å². The number of rotatable bonds is 5. The second kappa shape index (κ2) is 7.96. The van der Waals surface area contributed by atoms with E-state index >= 15 is 0 Å². The minimum atomic E-state index is -1.05. The maximum Gasteiger partial charge on any atom is 0.131 e. The second-order valence-corrected chi connectivity index (χ2v) is 8.15. The summed E-state index contributed by atoms with van der Waals surface area (Å²) in [7, 11) is 1.89. The van der Waals surface area contributed by atoms with Gasteiger partial charge in [-0.05, 0) is 59.7 Å². The Kier molecular flexibility index (Phi) is 5.35. The van der Waals surface area contributed by atoms with Crippen LogP contribution in [0.3, 0.4) is 0 Å². The molecule has 1 aliphatic carbocycles. The van der Waals surface area contributed by atoms with E-state index in [0.29, 0.717) is 29.7 Å². The highest BCUT2D eigenvalue weighted by Gasteiger charge is 2.39. The number of allylic oxidation sites excluding steroid dienone is 1. The second-order valence-electron chi connectivity index (χ2n) is 8.15. The normalized spacial score (nSPS) is 20.8. The molecule has 0 amide bonds. The Labute approximate surface area is 177 Å². The maximum atomic E-state index is 15.0. The van der Waals surface area contributed by atoms with E-state index in [2.05, 4.69) is 24.0 Å². The molecule has 0 saturated heterocycles. The summed E-state index contributed by atoms with van der Waals surface area (Å²) in [6, 6.07) is 21.1. The van der Waals surface area contributed by atoms with Gasteiger partial charge in [0, 0.05) is 29.9 Å². The fraction of sp³-hybridized carbons (Fsp3) is 0.231. The highest BCUT2D eigenvalue weighted by molar-refractivity contribution is 5.72. The number of hydrogen-bond donors (Lipinski definition) is 3. The molecule has 1 saturated carbocycles. The van der Waals surface area contributed by atoms with E-state index in [1.165, 1.54) is 6.07 Å². The number of anilines is 1. The average Bonchev–Trinajstić information content (AvgIpc) is 3.18. The summed E-state index contributed by atoms with van der Waals surface area (Å²) >= 11 is 0. The first-order valence-corrected chi connectivity index (χ1v) is 10.2.